The van der Waals surface area contributed by atoms with Gasteiger partial charge in [-0.05, 0) is 24.3 Å². The van der Waals surface area contributed by atoms with Crippen LogP contribution in [0.4, 0.5) is 0 Å². The van der Waals surface area contributed by atoms with Gasteiger partial charge in [0.2, 0.25) is 0 Å². The standard InChI is InChI=1S/C12H7Cl2N3/c13-8-4-3-5-9(14)11(8)12-16-15-10-6-1-2-7-17(10)12/h1-7H. The predicted molar refractivity (Wildman–Crippen MR) is 68.4 cm³/mol. The van der Waals surface area contributed by atoms with Crippen LogP contribution in [0.3, 0.4) is 0 Å². The maximum absolute atomic E-state index is 6.16. The Morgan fingerprint density at radius 1 is 0.882 bits per heavy atom. The van der Waals surface area contributed by atoms with Crippen LogP contribution in [-0.4, -0.2) is 14.6 Å². The molecule has 0 aliphatic rings. The molecule has 3 rings (SSSR count). The third-order valence-corrected chi connectivity index (χ3v) is 3.13. The van der Waals surface area contributed by atoms with Crippen molar-refractivity contribution in [3.05, 3.63) is 52.6 Å². The number of rotatable bonds is 1. The van der Waals surface area contributed by atoms with Crippen LogP contribution in [0.25, 0.3) is 17.0 Å². The van der Waals surface area contributed by atoms with Crippen molar-refractivity contribution in [2.75, 3.05) is 0 Å². The van der Waals surface area contributed by atoms with Gasteiger partial charge in [0.25, 0.3) is 0 Å². The van der Waals surface area contributed by atoms with E-state index >= 15 is 0 Å². The molecule has 0 atom stereocenters. The van der Waals surface area contributed by atoms with Crippen molar-refractivity contribution < 1.29 is 0 Å². The van der Waals surface area contributed by atoms with E-state index in [9.17, 15) is 0 Å². The Bertz CT molecular complexity index is 671. The Morgan fingerprint density at radius 2 is 1.65 bits per heavy atom. The van der Waals surface area contributed by atoms with Gasteiger partial charge in [-0.2, -0.15) is 0 Å². The van der Waals surface area contributed by atoms with Gasteiger partial charge in [0, 0.05) is 6.20 Å². The third-order valence-electron chi connectivity index (χ3n) is 2.50. The molecule has 3 nitrogen and oxygen atoms in total. The van der Waals surface area contributed by atoms with Gasteiger partial charge in [-0.15, -0.1) is 10.2 Å². The minimum absolute atomic E-state index is 0.565. The molecule has 0 spiro atoms. The summed E-state index contributed by atoms with van der Waals surface area (Å²) in [6.45, 7) is 0. The van der Waals surface area contributed by atoms with Crippen LogP contribution in [0, 0.1) is 0 Å². The fourth-order valence-electron chi connectivity index (χ4n) is 1.72. The van der Waals surface area contributed by atoms with Crippen LogP contribution in [0.1, 0.15) is 0 Å². The van der Waals surface area contributed by atoms with Crippen molar-refractivity contribution in [2.45, 2.75) is 0 Å². The maximum atomic E-state index is 6.16. The highest BCUT2D eigenvalue weighted by molar-refractivity contribution is 6.39. The number of fused-ring (bicyclic) bond motifs is 1. The molecule has 0 aliphatic carbocycles. The van der Waals surface area contributed by atoms with E-state index in [-0.39, 0.29) is 0 Å². The lowest BCUT2D eigenvalue weighted by Crippen LogP contribution is -1.90. The Kier molecular flexibility index (Phi) is 2.50. The summed E-state index contributed by atoms with van der Waals surface area (Å²) < 4.78 is 1.85. The molecule has 0 radical (unpaired) electrons. The quantitative estimate of drug-likeness (QED) is 0.670. The van der Waals surface area contributed by atoms with Crippen molar-refractivity contribution in [3.63, 3.8) is 0 Å². The second-order valence-corrected chi connectivity index (χ2v) is 4.36. The summed E-state index contributed by atoms with van der Waals surface area (Å²) in [5.74, 6) is 0.649. The van der Waals surface area contributed by atoms with E-state index in [1.165, 1.54) is 0 Å². The molecule has 0 aliphatic heterocycles. The number of nitrogens with zero attached hydrogens (tertiary/aromatic N) is 3. The molecule has 0 N–H and O–H groups in total. The van der Waals surface area contributed by atoms with Crippen LogP contribution < -0.4 is 0 Å². The van der Waals surface area contributed by atoms with Gasteiger partial charge < -0.3 is 0 Å². The topological polar surface area (TPSA) is 30.2 Å². The van der Waals surface area contributed by atoms with E-state index in [2.05, 4.69) is 10.2 Å². The summed E-state index contributed by atoms with van der Waals surface area (Å²) in [5.41, 5.74) is 1.47. The number of hydrogen-bond donors (Lipinski definition) is 0. The molecular weight excluding hydrogens is 257 g/mol. The Labute approximate surface area is 108 Å². The summed E-state index contributed by atoms with van der Waals surface area (Å²) in [4.78, 5) is 0. The number of halogens is 2. The predicted octanol–water partition coefficient (Wildman–Crippen LogP) is 3.70. The summed E-state index contributed by atoms with van der Waals surface area (Å²) in [6.07, 6.45) is 1.88. The monoisotopic (exact) mass is 263 g/mol. The summed E-state index contributed by atoms with van der Waals surface area (Å²) in [5, 5.41) is 9.34. The van der Waals surface area contributed by atoms with Gasteiger partial charge in [0.15, 0.2) is 11.5 Å². The van der Waals surface area contributed by atoms with Gasteiger partial charge in [0.1, 0.15) is 0 Å². The SMILES string of the molecule is Clc1cccc(Cl)c1-c1nnc2ccccn12. The molecule has 1 aromatic carbocycles. The highest BCUT2D eigenvalue weighted by atomic mass is 35.5. The zero-order chi connectivity index (χ0) is 11.8. The maximum Gasteiger partial charge on any atom is 0.171 e. The Morgan fingerprint density at radius 3 is 2.41 bits per heavy atom. The minimum atomic E-state index is 0.565. The molecular formula is C12H7Cl2N3. The molecule has 84 valence electrons. The first-order valence-corrected chi connectivity index (χ1v) is 5.77. The number of benzene rings is 1. The minimum Gasteiger partial charge on any atom is -0.282 e. The van der Waals surface area contributed by atoms with Gasteiger partial charge in [-0.25, -0.2) is 0 Å². The van der Waals surface area contributed by atoms with Crippen LogP contribution in [0.5, 0.6) is 0 Å². The van der Waals surface area contributed by atoms with E-state index in [1.54, 1.807) is 18.2 Å². The van der Waals surface area contributed by atoms with Crippen molar-refractivity contribution in [2.24, 2.45) is 0 Å². The van der Waals surface area contributed by atoms with Crippen molar-refractivity contribution in [3.8, 4) is 11.4 Å². The van der Waals surface area contributed by atoms with Gasteiger partial charge >= 0.3 is 0 Å². The molecule has 0 unspecified atom stereocenters. The number of pyridine rings is 1. The summed E-state index contributed by atoms with van der Waals surface area (Å²) >= 11 is 12.3. The first-order valence-electron chi connectivity index (χ1n) is 5.01. The average Bonchev–Trinajstić information content (AvgIpc) is 2.73. The Balaban J connectivity index is 2.35. The van der Waals surface area contributed by atoms with Gasteiger partial charge in [0.05, 0.1) is 15.6 Å². The van der Waals surface area contributed by atoms with Gasteiger partial charge in [-0.3, -0.25) is 4.40 Å². The fourth-order valence-corrected chi connectivity index (χ4v) is 2.29. The molecule has 5 heteroatoms. The normalized spacial score (nSPS) is 10.9. The van der Waals surface area contributed by atoms with E-state index in [0.717, 1.165) is 5.65 Å². The third kappa shape index (κ3) is 1.68. The second-order valence-electron chi connectivity index (χ2n) is 3.55. The molecule has 0 amide bonds. The average molecular weight is 264 g/mol. The van der Waals surface area contributed by atoms with E-state index in [0.29, 0.717) is 21.4 Å². The summed E-state index contributed by atoms with van der Waals surface area (Å²) in [7, 11) is 0. The molecule has 2 aromatic heterocycles. The molecule has 0 saturated heterocycles. The lowest BCUT2D eigenvalue weighted by molar-refractivity contribution is 1.11. The number of hydrogen-bond acceptors (Lipinski definition) is 2. The molecule has 3 aromatic rings. The largest absolute Gasteiger partial charge is 0.282 e. The van der Waals surface area contributed by atoms with Crippen LogP contribution in [0.2, 0.25) is 10.0 Å². The van der Waals surface area contributed by atoms with Crippen LogP contribution in [0.15, 0.2) is 42.6 Å². The number of aromatic nitrogens is 3. The fraction of sp³-hybridized carbons (Fsp3) is 0. The van der Waals surface area contributed by atoms with Gasteiger partial charge in [-0.1, -0.05) is 35.3 Å². The van der Waals surface area contributed by atoms with Crippen LogP contribution in [-0.2, 0) is 0 Å². The highest BCUT2D eigenvalue weighted by Gasteiger charge is 2.14. The zero-order valence-corrected chi connectivity index (χ0v) is 10.2. The van der Waals surface area contributed by atoms with E-state index < -0.39 is 0 Å². The van der Waals surface area contributed by atoms with Crippen LogP contribution >= 0.6 is 23.2 Å². The smallest absolute Gasteiger partial charge is 0.171 e. The first kappa shape index (κ1) is 10.6. The molecule has 0 bridgehead atoms. The van der Waals surface area contributed by atoms with E-state index in [1.807, 2.05) is 28.8 Å². The first-order chi connectivity index (χ1) is 8.27. The molecule has 2 heterocycles. The van der Waals surface area contributed by atoms with Crippen molar-refractivity contribution in [1.82, 2.24) is 14.6 Å². The summed E-state index contributed by atoms with van der Waals surface area (Å²) in [6, 6.07) is 11.1. The van der Waals surface area contributed by atoms with Crippen molar-refractivity contribution in [1.29, 1.82) is 0 Å². The van der Waals surface area contributed by atoms with Crippen molar-refractivity contribution >= 4 is 28.8 Å². The second kappa shape index (κ2) is 4.02. The molecule has 0 saturated carbocycles. The van der Waals surface area contributed by atoms with E-state index in [4.69, 9.17) is 23.2 Å². The molecule has 17 heavy (non-hydrogen) atoms. The highest BCUT2D eigenvalue weighted by Crippen LogP contribution is 2.33. The Hall–Kier alpha value is -1.58. The lowest BCUT2D eigenvalue weighted by atomic mass is 10.2. The zero-order valence-electron chi connectivity index (χ0n) is 8.64. The molecule has 0 fully saturated rings. The lowest BCUT2D eigenvalue weighted by Gasteiger charge is -2.04.